The van der Waals surface area contributed by atoms with Crippen LogP contribution in [0, 0.1) is 5.82 Å². The minimum absolute atomic E-state index is 0. The van der Waals surface area contributed by atoms with Gasteiger partial charge in [0.2, 0.25) is 0 Å². The molecule has 0 radical (unpaired) electrons. The number of nitrogens with zero attached hydrogens (tertiary/aromatic N) is 1. The van der Waals surface area contributed by atoms with Crippen molar-refractivity contribution in [2.24, 2.45) is 5.73 Å². The summed E-state index contributed by atoms with van der Waals surface area (Å²) in [5.41, 5.74) is 6.60. The summed E-state index contributed by atoms with van der Waals surface area (Å²) in [6.45, 7) is 1.12. The van der Waals surface area contributed by atoms with Gasteiger partial charge in [0.1, 0.15) is 11.3 Å². The quantitative estimate of drug-likeness (QED) is 0.736. The Morgan fingerprint density at radius 2 is 2.10 bits per heavy atom. The van der Waals surface area contributed by atoms with Crippen molar-refractivity contribution < 1.29 is 9.18 Å². The second-order valence-electron chi connectivity index (χ2n) is 4.00. The Balaban J connectivity index is 0.00000180. The van der Waals surface area contributed by atoms with Crippen LogP contribution < -0.4 is 11.1 Å². The zero-order valence-electron chi connectivity index (χ0n) is 10.7. The number of H-pyrrole nitrogens is 1. The summed E-state index contributed by atoms with van der Waals surface area (Å²) in [7, 11) is 0. The number of amides is 1. The van der Waals surface area contributed by atoms with Crippen molar-refractivity contribution in [3.8, 4) is 0 Å². The molecular formula is C12H17Cl2FN4O. The maximum absolute atomic E-state index is 13.3. The minimum atomic E-state index is -0.459. The third kappa shape index (κ3) is 4.33. The van der Waals surface area contributed by atoms with Crippen LogP contribution in [-0.2, 0) is 0 Å². The van der Waals surface area contributed by atoms with Crippen LogP contribution in [0.25, 0.3) is 11.0 Å². The molecule has 0 bridgehead atoms. The number of unbranched alkanes of at least 4 members (excludes halogenated alkanes) is 1. The van der Waals surface area contributed by atoms with Crippen LogP contribution in [0.5, 0.6) is 0 Å². The molecule has 2 rings (SSSR count). The number of carbonyl (C=O) groups excluding carboxylic acids is 1. The first-order valence-electron chi connectivity index (χ1n) is 5.83. The molecule has 0 unspecified atom stereocenters. The summed E-state index contributed by atoms with van der Waals surface area (Å²) in [6, 6.07) is 2.51. The Bertz CT molecular complexity index is 561. The van der Waals surface area contributed by atoms with Crippen molar-refractivity contribution in [2.45, 2.75) is 12.8 Å². The molecule has 0 saturated carbocycles. The number of rotatable bonds is 5. The van der Waals surface area contributed by atoms with Gasteiger partial charge in [0.15, 0.2) is 0 Å². The Hall–Kier alpha value is -1.37. The van der Waals surface area contributed by atoms with Gasteiger partial charge < -0.3 is 16.0 Å². The highest BCUT2D eigenvalue weighted by Crippen LogP contribution is 2.17. The van der Waals surface area contributed by atoms with Gasteiger partial charge in [-0.15, -0.1) is 24.8 Å². The van der Waals surface area contributed by atoms with Crippen LogP contribution in [0.3, 0.4) is 0 Å². The summed E-state index contributed by atoms with van der Waals surface area (Å²) in [5, 5.41) is 2.73. The SMILES string of the molecule is Cl.Cl.NCCCCNC(=O)c1cc(F)cc2[nH]cnc12. The molecule has 4 N–H and O–H groups in total. The van der Waals surface area contributed by atoms with Crippen molar-refractivity contribution in [3.63, 3.8) is 0 Å². The number of halogens is 3. The molecular weight excluding hydrogens is 306 g/mol. The van der Waals surface area contributed by atoms with Gasteiger partial charge >= 0.3 is 0 Å². The lowest BCUT2D eigenvalue weighted by molar-refractivity contribution is 0.0954. The van der Waals surface area contributed by atoms with Crippen molar-refractivity contribution in [3.05, 3.63) is 29.8 Å². The third-order valence-corrected chi connectivity index (χ3v) is 2.65. The number of nitrogens with two attached hydrogens (primary N) is 1. The van der Waals surface area contributed by atoms with E-state index in [-0.39, 0.29) is 36.3 Å². The number of hydrogen-bond donors (Lipinski definition) is 3. The van der Waals surface area contributed by atoms with Gasteiger partial charge in [-0.2, -0.15) is 0 Å². The summed E-state index contributed by atoms with van der Waals surface area (Å²) in [4.78, 5) is 18.7. The highest BCUT2D eigenvalue weighted by Gasteiger charge is 2.13. The fourth-order valence-corrected chi connectivity index (χ4v) is 1.75. The van der Waals surface area contributed by atoms with Gasteiger partial charge in [0.25, 0.3) is 5.91 Å². The predicted molar refractivity (Wildman–Crippen MR) is 81.2 cm³/mol. The maximum Gasteiger partial charge on any atom is 0.253 e. The lowest BCUT2D eigenvalue weighted by Gasteiger charge is -2.05. The van der Waals surface area contributed by atoms with Crippen LogP contribution in [-0.4, -0.2) is 29.0 Å². The van der Waals surface area contributed by atoms with E-state index < -0.39 is 5.82 Å². The van der Waals surface area contributed by atoms with Gasteiger partial charge in [0.05, 0.1) is 17.4 Å². The zero-order valence-corrected chi connectivity index (χ0v) is 12.3. The maximum atomic E-state index is 13.3. The van der Waals surface area contributed by atoms with Gasteiger partial charge in [-0.3, -0.25) is 4.79 Å². The highest BCUT2D eigenvalue weighted by molar-refractivity contribution is 6.04. The van der Waals surface area contributed by atoms with E-state index in [1.165, 1.54) is 18.5 Å². The molecule has 0 saturated heterocycles. The number of aromatic nitrogens is 2. The molecule has 0 spiro atoms. The Morgan fingerprint density at radius 3 is 2.80 bits per heavy atom. The third-order valence-electron chi connectivity index (χ3n) is 2.65. The van der Waals surface area contributed by atoms with E-state index in [1.807, 2.05) is 0 Å². The number of aromatic amines is 1. The van der Waals surface area contributed by atoms with E-state index in [0.29, 0.717) is 24.1 Å². The van der Waals surface area contributed by atoms with Gasteiger partial charge in [-0.25, -0.2) is 9.37 Å². The standard InChI is InChI=1S/C12H15FN4O.2ClH/c13-8-5-9(11-10(6-8)16-7-17-11)12(18)15-4-2-1-3-14;;/h5-7H,1-4,14H2,(H,15,18)(H,16,17);2*1H. The average molecular weight is 323 g/mol. The molecule has 5 nitrogen and oxygen atoms in total. The van der Waals surface area contributed by atoms with Crippen molar-refractivity contribution in [2.75, 3.05) is 13.1 Å². The Kier molecular flexibility index (Phi) is 8.13. The van der Waals surface area contributed by atoms with Crippen LogP contribution in [0.15, 0.2) is 18.5 Å². The molecule has 0 aliphatic carbocycles. The molecule has 0 atom stereocenters. The number of nitrogens with one attached hydrogen (secondary N) is 2. The first-order chi connectivity index (χ1) is 8.72. The second kappa shape index (κ2) is 8.73. The van der Waals surface area contributed by atoms with E-state index >= 15 is 0 Å². The Labute approximate surface area is 128 Å². The average Bonchev–Trinajstić information content (AvgIpc) is 2.81. The van der Waals surface area contributed by atoms with Crippen LogP contribution in [0.1, 0.15) is 23.2 Å². The van der Waals surface area contributed by atoms with Gasteiger partial charge in [-0.05, 0) is 31.5 Å². The lowest BCUT2D eigenvalue weighted by Crippen LogP contribution is -2.25. The van der Waals surface area contributed by atoms with Crippen LogP contribution in [0.2, 0.25) is 0 Å². The molecule has 1 heterocycles. The normalized spacial score (nSPS) is 9.70. The van der Waals surface area contributed by atoms with E-state index in [4.69, 9.17) is 5.73 Å². The largest absolute Gasteiger partial charge is 0.352 e. The van der Waals surface area contributed by atoms with Crippen LogP contribution >= 0.6 is 24.8 Å². The van der Waals surface area contributed by atoms with Crippen molar-refractivity contribution in [1.82, 2.24) is 15.3 Å². The fourth-order valence-electron chi connectivity index (χ4n) is 1.75. The summed E-state index contributed by atoms with van der Waals surface area (Å²) in [5.74, 6) is -0.775. The first-order valence-corrected chi connectivity index (χ1v) is 5.83. The van der Waals surface area contributed by atoms with Crippen LogP contribution in [0.4, 0.5) is 4.39 Å². The molecule has 2 aromatic rings. The van der Waals surface area contributed by atoms with Crippen molar-refractivity contribution >= 4 is 41.8 Å². The smallest absolute Gasteiger partial charge is 0.253 e. The molecule has 112 valence electrons. The summed E-state index contributed by atoms with van der Waals surface area (Å²) >= 11 is 0. The van der Waals surface area contributed by atoms with E-state index in [9.17, 15) is 9.18 Å². The van der Waals surface area contributed by atoms with E-state index in [0.717, 1.165) is 12.8 Å². The number of carbonyl (C=O) groups is 1. The van der Waals surface area contributed by atoms with Gasteiger partial charge in [-0.1, -0.05) is 0 Å². The molecule has 0 aliphatic heterocycles. The molecule has 20 heavy (non-hydrogen) atoms. The van der Waals surface area contributed by atoms with E-state index in [1.54, 1.807) is 0 Å². The molecule has 0 fully saturated rings. The predicted octanol–water partition coefficient (Wildman–Crippen LogP) is 2.01. The summed E-state index contributed by atoms with van der Waals surface area (Å²) < 4.78 is 13.3. The van der Waals surface area contributed by atoms with Gasteiger partial charge in [0, 0.05) is 6.54 Å². The Morgan fingerprint density at radius 1 is 1.35 bits per heavy atom. The first kappa shape index (κ1) is 18.6. The molecule has 1 amide bonds. The number of hydrogen-bond acceptors (Lipinski definition) is 3. The molecule has 0 aliphatic rings. The topological polar surface area (TPSA) is 83.8 Å². The lowest BCUT2D eigenvalue weighted by atomic mass is 10.1. The molecule has 1 aromatic heterocycles. The van der Waals surface area contributed by atoms with E-state index in [2.05, 4.69) is 15.3 Å². The molecule has 8 heteroatoms. The minimum Gasteiger partial charge on any atom is -0.352 e. The number of fused-ring (bicyclic) bond motifs is 1. The fraction of sp³-hybridized carbons (Fsp3) is 0.333. The van der Waals surface area contributed by atoms with Crippen molar-refractivity contribution in [1.29, 1.82) is 0 Å². The number of imidazole rings is 1. The highest BCUT2D eigenvalue weighted by atomic mass is 35.5. The zero-order chi connectivity index (χ0) is 13.0. The number of benzene rings is 1. The molecule has 1 aromatic carbocycles. The summed E-state index contributed by atoms with van der Waals surface area (Å²) in [6.07, 6.45) is 3.10. The monoisotopic (exact) mass is 322 g/mol. The second-order valence-corrected chi connectivity index (χ2v) is 4.00.